The molecule has 2 atom stereocenters. The lowest BCUT2D eigenvalue weighted by atomic mass is 9.99. The molecule has 1 amide bonds. The van der Waals surface area contributed by atoms with Crippen molar-refractivity contribution < 1.29 is 14.3 Å². The summed E-state index contributed by atoms with van der Waals surface area (Å²) in [6, 6.07) is 7.55. The van der Waals surface area contributed by atoms with Crippen LogP contribution in [0, 0.1) is 11.8 Å². The molecule has 0 bridgehead atoms. The van der Waals surface area contributed by atoms with Crippen LogP contribution >= 0.6 is 0 Å². The van der Waals surface area contributed by atoms with Crippen LogP contribution in [0.5, 0.6) is 0 Å². The Morgan fingerprint density at radius 3 is 2.74 bits per heavy atom. The van der Waals surface area contributed by atoms with Gasteiger partial charge in [0.15, 0.2) is 5.96 Å². The summed E-state index contributed by atoms with van der Waals surface area (Å²) in [6.07, 6.45) is 0.907. The van der Waals surface area contributed by atoms with Crippen LogP contribution in [0.3, 0.4) is 0 Å². The van der Waals surface area contributed by atoms with Crippen molar-refractivity contribution in [2.75, 3.05) is 33.8 Å². The molecular formula is C20H30N4O3. The van der Waals surface area contributed by atoms with Crippen LogP contribution in [0.1, 0.15) is 36.2 Å². The van der Waals surface area contributed by atoms with Gasteiger partial charge in [-0.05, 0) is 30.0 Å². The summed E-state index contributed by atoms with van der Waals surface area (Å²) in [5, 5.41) is 6.21. The smallest absolute Gasteiger partial charge is 0.310 e. The van der Waals surface area contributed by atoms with E-state index in [1.165, 1.54) is 7.11 Å². The first-order chi connectivity index (χ1) is 13.0. The molecule has 2 N–H and O–H groups in total. The first-order valence-corrected chi connectivity index (χ1v) is 9.40. The van der Waals surface area contributed by atoms with Gasteiger partial charge in [-0.3, -0.25) is 14.6 Å². The van der Waals surface area contributed by atoms with Gasteiger partial charge in [-0.25, -0.2) is 0 Å². The average molecular weight is 374 g/mol. The van der Waals surface area contributed by atoms with Gasteiger partial charge in [-0.1, -0.05) is 26.0 Å². The van der Waals surface area contributed by atoms with Crippen molar-refractivity contribution in [2.45, 2.75) is 26.8 Å². The standard InChI is InChI=1S/C20H30N4O3/c1-5-9-22-18(25)16-8-6-7-15(10-16)11-23-20(21-3)24-12-14(2)17(13-24)19(26)27-4/h6-8,10,14,17H,5,9,11-13H2,1-4H3,(H,21,23)(H,22,25). The second-order valence-corrected chi connectivity index (χ2v) is 6.87. The Balaban J connectivity index is 1.97. The Bertz CT molecular complexity index is 690. The number of benzene rings is 1. The van der Waals surface area contributed by atoms with Gasteiger partial charge < -0.3 is 20.3 Å². The molecule has 27 heavy (non-hydrogen) atoms. The van der Waals surface area contributed by atoms with Gasteiger partial charge in [-0.2, -0.15) is 0 Å². The van der Waals surface area contributed by atoms with E-state index < -0.39 is 0 Å². The fourth-order valence-corrected chi connectivity index (χ4v) is 3.27. The summed E-state index contributed by atoms with van der Waals surface area (Å²) in [5.74, 6) is 0.582. The molecule has 1 aliphatic rings. The molecule has 7 nitrogen and oxygen atoms in total. The molecule has 1 heterocycles. The minimum absolute atomic E-state index is 0.0580. The number of ether oxygens (including phenoxy) is 1. The summed E-state index contributed by atoms with van der Waals surface area (Å²) in [5.41, 5.74) is 1.65. The van der Waals surface area contributed by atoms with Crippen LogP contribution < -0.4 is 10.6 Å². The van der Waals surface area contributed by atoms with E-state index in [9.17, 15) is 9.59 Å². The highest BCUT2D eigenvalue weighted by molar-refractivity contribution is 5.94. The summed E-state index contributed by atoms with van der Waals surface area (Å²) in [7, 11) is 3.15. The molecule has 1 saturated heterocycles. The molecule has 0 saturated carbocycles. The number of carbonyl (C=O) groups excluding carboxylic acids is 2. The van der Waals surface area contributed by atoms with Crippen molar-refractivity contribution >= 4 is 17.8 Å². The summed E-state index contributed by atoms with van der Waals surface area (Å²) < 4.78 is 4.90. The molecule has 0 aliphatic carbocycles. The summed E-state index contributed by atoms with van der Waals surface area (Å²) >= 11 is 0. The highest BCUT2D eigenvalue weighted by Crippen LogP contribution is 2.24. The largest absolute Gasteiger partial charge is 0.469 e. The number of aliphatic imine (C=N–C) groups is 1. The zero-order valence-corrected chi connectivity index (χ0v) is 16.6. The maximum Gasteiger partial charge on any atom is 0.310 e. The predicted molar refractivity (Wildman–Crippen MR) is 106 cm³/mol. The van der Waals surface area contributed by atoms with E-state index in [0.717, 1.165) is 24.5 Å². The van der Waals surface area contributed by atoms with E-state index in [-0.39, 0.29) is 23.7 Å². The number of guanidine groups is 1. The maximum absolute atomic E-state index is 12.1. The Labute approximate surface area is 161 Å². The van der Waals surface area contributed by atoms with Crippen LogP contribution in [0.4, 0.5) is 0 Å². The molecule has 2 rings (SSSR count). The van der Waals surface area contributed by atoms with Crippen LogP contribution in [0.15, 0.2) is 29.3 Å². The second kappa shape index (κ2) is 9.94. The lowest BCUT2D eigenvalue weighted by molar-refractivity contribution is -0.145. The number of methoxy groups -OCH3 is 1. The van der Waals surface area contributed by atoms with E-state index in [0.29, 0.717) is 25.2 Å². The Morgan fingerprint density at radius 1 is 1.30 bits per heavy atom. The van der Waals surface area contributed by atoms with Crippen molar-refractivity contribution in [1.82, 2.24) is 15.5 Å². The topological polar surface area (TPSA) is 83.0 Å². The first kappa shape index (κ1) is 20.7. The normalized spacial score (nSPS) is 19.7. The number of hydrogen-bond donors (Lipinski definition) is 2. The number of amides is 1. The third-order valence-electron chi connectivity index (χ3n) is 4.80. The van der Waals surface area contributed by atoms with Gasteiger partial charge in [0.05, 0.1) is 13.0 Å². The fourth-order valence-electron chi connectivity index (χ4n) is 3.27. The van der Waals surface area contributed by atoms with Crippen molar-refractivity contribution in [3.05, 3.63) is 35.4 Å². The van der Waals surface area contributed by atoms with Gasteiger partial charge in [0, 0.05) is 38.8 Å². The molecule has 1 aliphatic heterocycles. The van der Waals surface area contributed by atoms with Gasteiger partial charge in [0.25, 0.3) is 5.91 Å². The molecule has 0 radical (unpaired) electrons. The van der Waals surface area contributed by atoms with E-state index >= 15 is 0 Å². The van der Waals surface area contributed by atoms with Crippen molar-refractivity contribution in [3.8, 4) is 0 Å². The van der Waals surface area contributed by atoms with Crippen LogP contribution in [-0.4, -0.2) is 56.5 Å². The number of likely N-dealkylation sites (tertiary alicyclic amines) is 1. The quantitative estimate of drug-likeness (QED) is 0.449. The molecule has 148 valence electrons. The second-order valence-electron chi connectivity index (χ2n) is 6.87. The Kier molecular flexibility index (Phi) is 7.64. The predicted octanol–water partition coefficient (Wildman–Crippen LogP) is 1.64. The molecule has 0 aromatic heterocycles. The van der Waals surface area contributed by atoms with Gasteiger partial charge in [0.1, 0.15) is 0 Å². The van der Waals surface area contributed by atoms with E-state index in [1.54, 1.807) is 7.05 Å². The molecule has 0 spiro atoms. The SMILES string of the molecule is CCCNC(=O)c1cccc(CNC(=NC)N2CC(C)C(C(=O)OC)C2)c1. The van der Waals surface area contributed by atoms with E-state index in [2.05, 4.69) is 20.5 Å². The number of esters is 1. The molecular weight excluding hydrogens is 344 g/mol. The van der Waals surface area contributed by atoms with Gasteiger partial charge >= 0.3 is 5.97 Å². The third kappa shape index (κ3) is 5.45. The number of rotatable bonds is 6. The molecule has 1 aromatic rings. The summed E-state index contributed by atoms with van der Waals surface area (Å²) in [4.78, 5) is 30.4. The average Bonchev–Trinajstić information content (AvgIpc) is 3.07. The Morgan fingerprint density at radius 2 is 2.07 bits per heavy atom. The van der Waals surface area contributed by atoms with Crippen molar-refractivity contribution in [1.29, 1.82) is 0 Å². The van der Waals surface area contributed by atoms with Crippen LogP contribution in [0.25, 0.3) is 0 Å². The number of nitrogens with zero attached hydrogens (tertiary/aromatic N) is 2. The van der Waals surface area contributed by atoms with Crippen molar-refractivity contribution in [2.24, 2.45) is 16.8 Å². The molecule has 1 fully saturated rings. The van der Waals surface area contributed by atoms with Crippen LogP contribution in [-0.2, 0) is 16.1 Å². The van der Waals surface area contributed by atoms with Gasteiger partial charge in [-0.15, -0.1) is 0 Å². The highest BCUT2D eigenvalue weighted by atomic mass is 16.5. The lowest BCUT2D eigenvalue weighted by Crippen LogP contribution is -2.40. The lowest BCUT2D eigenvalue weighted by Gasteiger charge is -2.21. The minimum atomic E-state index is -0.175. The molecule has 7 heteroatoms. The Hall–Kier alpha value is -2.57. The number of carbonyl (C=O) groups is 2. The maximum atomic E-state index is 12.1. The van der Waals surface area contributed by atoms with Gasteiger partial charge in [0.2, 0.25) is 0 Å². The van der Waals surface area contributed by atoms with E-state index in [4.69, 9.17) is 4.74 Å². The zero-order chi connectivity index (χ0) is 19.8. The zero-order valence-electron chi connectivity index (χ0n) is 16.6. The monoisotopic (exact) mass is 374 g/mol. The first-order valence-electron chi connectivity index (χ1n) is 9.40. The van der Waals surface area contributed by atoms with Crippen molar-refractivity contribution in [3.63, 3.8) is 0 Å². The summed E-state index contributed by atoms with van der Waals surface area (Å²) in [6.45, 7) is 6.63. The molecule has 2 unspecified atom stereocenters. The number of hydrogen-bond acceptors (Lipinski definition) is 4. The number of nitrogens with one attached hydrogen (secondary N) is 2. The van der Waals surface area contributed by atoms with E-state index in [1.807, 2.05) is 38.1 Å². The fraction of sp³-hybridized carbons (Fsp3) is 0.550. The highest BCUT2D eigenvalue weighted by Gasteiger charge is 2.36. The minimum Gasteiger partial charge on any atom is -0.469 e. The molecule has 1 aromatic carbocycles. The van der Waals surface area contributed by atoms with Crippen LogP contribution in [0.2, 0.25) is 0 Å². The third-order valence-corrected chi connectivity index (χ3v) is 4.80.